The van der Waals surface area contributed by atoms with Crippen molar-refractivity contribution in [3.05, 3.63) is 16.1 Å². The van der Waals surface area contributed by atoms with Crippen molar-refractivity contribution < 1.29 is 18.0 Å². The summed E-state index contributed by atoms with van der Waals surface area (Å²) in [6.45, 7) is 4.50. The molecular weight excluding hydrogens is 279 g/mol. The molecule has 0 radical (unpaired) electrons. The summed E-state index contributed by atoms with van der Waals surface area (Å²) >= 11 is 1.30. The lowest BCUT2D eigenvalue weighted by Gasteiger charge is -2.16. The SMILES string of the molecule is CC(C)(C)c1nc(C(NCC(F)(F)F)C(N)=O)cs1. The van der Waals surface area contributed by atoms with Crippen molar-refractivity contribution in [3.63, 3.8) is 0 Å². The predicted molar refractivity (Wildman–Crippen MR) is 66.8 cm³/mol. The van der Waals surface area contributed by atoms with E-state index >= 15 is 0 Å². The van der Waals surface area contributed by atoms with Gasteiger partial charge in [0.25, 0.3) is 0 Å². The lowest BCUT2D eigenvalue weighted by molar-refractivity contribution is -0.131. The molecule has 3 N–H and O–H groups in total. The maximum Gasteiger partial charge on any atom is 0.401 e. The van der Waals surface area contributed by atoms with E-state index < -0.39 is 24.7 Å². The second kappa shape index (κ2) is 5.46. The predicted octanol–water partition coefficient (Wildman–Crippen LogP) is 2.12. The first-order valence-corrected chi connectivity index (χ1v) is 6.44. The van der Waals surface area contributed by atoms with Crippen LogP contribution in [0, 0.1) is 0 Å². The molecule has 1 heterocycles. The highest BCUT2D eigenvalue weighted by atomic mass is 32.1. The monoisotopic (exact) mass is 295 g/mol. The Hall–Kier alpha value is -1.15. The number of carbonyl (C=O) groups is 1. The molecule has 1 aromatic heterocycles. The lowest BCUT2D eigenvalue weighted by atomic mass is 9.98. The van der Waals surface area contributed by atoms with Crippen LogP contribution >= 0.6 is 11.3 Å². The molecule has 0 saturated carbocycles. The minimum atomic E-state index is -4.41. The first kappa shape index (κ1) is 15.9. The Morgan fingerprint density at radius 3 is 2.42 bits per heavy atom. The number of primary amides is 1. The number of halogens is 3. The van der Waals surface area contributed by atoms with Gasteiger partial charge in [0.1, 0.15) is 6.04 Å². The summed E-state index contributed by atoms with van der Waals surface area (Å²) in [6.07, 6.45) is -4.41. The van der Waals surface area contributed by atoms with Gasteiger partial charge >= 0.3 is 6.18 Å². The van der Waals surface area contributed by atoms with Crippen molar-refractivity contribution in [3.8, 4) is 0 Å². The van der Waals surface area contributed by atoms with Gasteiger partial charge in [-0.1, -0.05) is 20.8 Å². The molecule has 4 nitrogen and oxygen atoms in total. The number of thiazole rings is 1. The molecule has 108 valence electrons. The van der Waals surface area contributed by atoms with E-state index in [0.29, 0.717) is 0 Å². The van der Waals surface area contributed by atoms with Crippen LogP contribution in [-0.2, 0) is 10.2 Å². The average Bonchev–Trinajstić information content (AvgIpc) is 2.63. The molecule has 19 heavy (non-hydrogen) atoms. The minimum Gasteiger partial charge on any atom is -0.368 e. The fraction of sp³-hybridized carbons (Fsp3) is 0.636. The molecule has 0 saturated heterocycles. The number of nitrogens with two attached hydrogens (primary N) is 1. The first-order chi connectivity index (χ1) is 8.50. The smallest absolute Gasteiger partial charge is 0.368 e. The molecule has 1 rings (SSSR count). The van der Waals surface area contributed by atoms with E-state index in [1.807, 2.05) is 20.8 Å². The van der Waals surface area contributed by atoms with Crippen LogP contribution in [-0.4, -0.2) is 23.6 Å². The van der Waals surface area contributed by atoms with Gasteiger partial charge in [-0.05, 0) is 0 Å². The van der Waals surface area contributed by atoms with Crippen LogP contribution in [0.2, 0.25) is 0 Å². The number of hydrogen-bond acceptors (Lipinski definition) is 4. The summed E-state index contributed by atoms with van der Waals surface area (Å²) in [5, 5.41) is 4.38. The zero-order valence-electron chi connectivity index (χ0n) is 10.8. The topological polar surface area (TPSA) is 68.0 Å². The van der Waals surface area contributed by atoms with Crippen LogP contribution in [0.15, 0.2) is 5.38 Å². The number of alkyl halides is 3. The summed E-state index contributed by atoms with van der Waals surface area (Å²) in [7, 11) is 0. The fourth-order valence-corrected chi connectivity index (χ4v) is 2.26. The number of amides is 1. The van der Waals surface area contributed by atoms with Crippen LogP contribution in [0.4, 0.5) is 13.2 Å². The molecule has 1 atom stereocenters. The third kappa shape index (κ3) is 4.79. The van der Waals surface area contributed by atoms with E-state index in [0.717, 1.165) is 5.01 Å². The second-order valence-electron chi connectivity index (χ2n) is 5.16. The Morgan fingerprint density at radius 2 is 2.05 bits per heavy atom. The van der Waals surface area contributed by atoms with Gasteiger partial charge in [-0.3, -0.25) is 10.1 Å². The Labute approximate surface area is 113 Å². The number of aromatic nitrogens is 1. The zero-order chi connectivity index (χ0) is 14.8. The van der Waals surface area contributed by atoms with Gasteiger partial charge in [-0.2, -0.15) is 13.2 Å². The van der Waals surface area contributed by atoms with E-state index in [4.69, 9.17) is 5.73 Å². The normalized spacial score (nSPS) is 14.4. The van der Waals surface area contributed by atoms with Crippen LogP contribution in [0.5, 0.6) is 0 Å². The molecule has 1 unspecified atom stereocenters. The maximum atomic E-state index is 12.2. The molecular formula is C11H16F3N3OS. The van der Waals surface area contributed by atoms with E-state index in [-0.39, 0.29) is 11.1 Å². The molecule has 0 spiro atoms. The zero-order valence-corrected chi connectivity index (χ0v) is 11.7. The van der Waals surface area contributed by atoms with Crippen molar-refractivity contribution in [2.24, 2.45) is 5.73 Å². The number of nitrogens with zero attached hydrogens (tertiary/aromatic N) is 1. The number of nitrogens with one attached hydrogen (secondary N) is 1. The Bertz CT molecular complexity index is 451. The van der Waals surface area contributed by atoms with Crippen molar-refractivity contribution >= 4 is 17.2 Å². The molecule has 0 aliphatic carbocycles. The summed E-state index contributed by atoms with van der Waals surface area (Å²) in [6, 6.07) is -1.23. The Morgan fingerprint density at radius 1 is 1.47 bits per heavy atom. The van der Waals surface area contributed by atoms with Crippen molar-refractivity contribution in [2.75, 3.05) is 6.54 Å². The van der Waals surface area contributed by atoms with Crippen LogP contribution < -0.4 is 11.1 Å². The minimum absolute atomic E-state index is 0.227. The Kier molecular flexibility index (Phi) is 4.57. The summed E-state index contributed by atoms with van der Waals surface area (Å²) in [5.41, 5.74) is 5.11. The largest absolute Gasteiger partial charge is 0.401 e. The molecule has 0 fully saturated rings. The lowest BCUT2D eigenvalue weighted by Crippen LogP contribution is -2.39. The average molecular weight is 295 g/mol. The van der Waals surface area contributed by atoms with Gasteiger partial charge in [0.05, 0.1) is 17.2 Å². The summed E-state index contributed by atoms with van der Waals surface area (Å²) < 4.78 is 36.5. The highest BCUT2D eigenvalue weighted by Gasteiger charge is 2.31. The highest BCUT2D eigenvalue weighted by molar-refractivity contribution is 7.09. The third-order valence-electron chi connectivity index (χ3n) is 2.25. The highest BCUT2D eigenvalue weighted by Crippen LogP contribution is 2.28. The second-order valence-corrected chi connectivity index (χ2v) is 6.02. The fourth-order valence-electron chi connectivity index (χ4n) is 1.33. The van der Waals surface area contributed by atoms with E-state index in [1.165, 1.54) is 11.3 Å². The van der Waals surface area contributed by atoms with Gasteiger partial charge in [0, 0.05) is 10.8 Å². The first-order valence-electron chi connectivity index (χ1n) is 5.56. The maximum absolute atomic E-state index is 12.2. The summed E-state index contributed by atoms with van der Waals surface area (Å²) in [4.78, 5) is 15.4. The van der Waals surface area contributed by atoms with Gasteiger partial charge in [0.2, 0.25) is 5.91 Å². The van der Waals surface area contributed by atoms with Gasteiger partial charge in [-0.25, -0.2) is 4.98 Å². The van der Waals surface area contributed by atoms with E-state index in [9.17, 15) is 18.0 Å². The molecule has 1 amide bonds. The van der Waals surface area contributed by atoms with Gasteiger partial charge in [0.15, 0.2) is 0 Å². The number of hydrogen-bond donors (Lipinski definition) is 2. The van der Waals surface area contributed by atoms with Gasteiger partial charge < -0.3 is 5.73 Å². The number of rotatable bonds is 4. The molecule has 0 bridgehead atoms. The summed E-state index contributed by atoms with van der Waals surface area (Å²) in [5.74, 6) is -0.880. The van der Waals surface area contributed by atoms with Crippen molar-refractivity contribution in [1.29, 1.82) is 0 Å². The third-order valence-corrected chi connectivity index (χ3v) is 3.54. The van der Waals surface area contributed by atoms with Crippen molar-refractivity contribution in [1.82, 2.24) is 10.3 Å². The molecule has 1 aromatic rings. The van der Waals surface area contributed by atoms with Gasteiger partial charge in [-0.15, -0.1) is 11.3 Å². The van der Waals surface area contributed by atoms with Crippen LogP contribution in [0.25, 0.3) is 0 Å². The standard InChI is InChI=1S/C11H16F3N3OS/c1-10(2,3)9-17-6(4-19-9)7(8(15)18)16-5-11(12,13)14/h4,7,16H,5H2,1-3H3,(H2,15,18). The molecule has 0 aliphatic rings. The van der Waals surface area contributed by atoms with E-state index in [1.54, 1.807) is 5.38 Å². The molecule has 0 aromatic carbocycles. The number of carbonyl (C=O) groups excluding carboxylic acids is 1. The molecule has 8 heteroatoms. The van der Waals surface area contributed by atoms with Crippen LogP contribution in [0.1, 0.15) is 37.5 Å². The van der Waals surface area contributed by atoms with Crippen molar-refractivity contribution in [2.45, 2.75) is 38.4 Å². The van der Waals surface area contributed by atoms with Crippen LogP contribution in [0.3, 0.4) is 0 Å². The quantitative estimate of drug-likeness (QED) is 0.894. The molecule has 0 aliphatic heterocycles. The Balaban J connectivity index is 2.88. The van der Waals surface area contributed by atoms with E-state index in [2.05, 4.69) is 10.3 Å².